The molecule has 0 unspecified atom stereocenters. The van der Waals surface area contributed by atoms with Crippen molar-refractivity contribution in [1.82, 2.24) is 5.32 Å². The number of amides is 1. The highest BCUT2D eigenvalue weighted by atomic mass is 32.2. The smallest absolute Gasteiger partial charge is 0.261 e. The maximum Gasteiger partial charge on any atom is 0.261 e. The summed E-state index contributed by atoms with van der Waals surface area (Å²) in [6.07, 6.45) is 2.76. The summed E-state index contributed by atoms with van der Waals surface area (Å²) in [4.78, 5) is 13.2. The molecule has 6 nitrogen and oxygen atoms in total. The third-order valence-corrected chi connectivity index (χ3v) is 7.37. The van der Waals surface area contributed by atoms with E-state index in [-0.39, 0.29) is 10.8 Å². The Hall–Kier alpha value is -3.32. The summed E-state index contributed by atoms with van der Waals surface area (Å²) >= 11 is 0. The van der Waals surface area contributed by atoms with Crippen LogP contribution in [0.25, 0.3) is 0 Å². The molecule has 1 aliphatic carbocycles. The second kappa shape index (κ2) is 8.67. The molecule has 166 valence electrons. The SMILES string of the molecule is COc1ccc(NS(=O)(=O)c2ccc(C)c(C(=O)NC3(c4ccccc4)CCC3)c2)cc1. The van der Waals surface area contributed by atoms with Crippen molar-refractivity contribution in [2.45, 2.75) is 36.6 Å². The lowest BCUT2D eigenvalue weighted by Gasteiger charge is -2.43. The van der Waals surface area contributed by atoms with Gasteiger partial charge in [-0.3, -0.25) is 9.52 Å². The molecule has 1 saturated carbocycles. The standard InChI is InChI=1S/C25H26N2O4S/c1-18-9-14-22(32(29,30)27-20-10-12-21(31-2)13-11-20)17-23(18)24(28)26-25(15-6-16-25)19-7-4-3-5-8-19/h3-5,7-14,17,27H,6,15-16H2,1-2H3,(H,26,28). The van der Waals surface area contributed by atoms with Gasteiger partial charge in [0.1, 0.15) is 5.75 Å². The number of methoxy groups -OCH3 is 1. The number of benzene rings is 3. The second-order valence-electron chi connectivity index (χ2n) is 8.07. The molecule has 0 heterocycles. The zero-order valence-corrected chi connectivity index (χ0v) is 18.9. The van der Waals surface area contributed by atoms with Crippen LogP contribution in [-0.4, -0.2) is 21.4 Å². The van der Waals surface area contributed by atoms with Crippen LogP contribution < -0.4 is 14.8 Å². The fourth-order valence-corrected chi connectivity index (χ4v) is 5.03. The van der Waals surface area contributed by atoms with E-state index < -0.39 is 15.6 Å². The molecule has 3 aromatic carbocycles. The van der Waals surface area contributed by atoms with Crippen molar-refractivity contribution in [3.05, 3.63) is 89.5 Å². The van der Waals surface area contributed by atoms with E-state index in [1.54, 1.807) is 44.4 Å². The molecule has 4 rings (SSSR count). The highest BCUT2D eigenvalue weighted by molar-refractivity contribution is 7.92. The summed E-state index contributed by atoms with van der Waals surface area (Å²) in [6, 6.07) is 21.1. The lowest BCUT2D eigenvalue weighted by Crippen LogP contribution is -2.50. The van der Waals surface area contributed by atoms with Crippen LogP contribution >= 0.6 is 0 Å². The van der Waals surface area contributed by atoms with Gasteiger partial charge in [0.2, 0.25) is 0 Å². The van der Waals surface area contributed by atoms with Gasteiger partial charge in [-0.15, -0.1) is 0 Å². The third-order valence-electron chi connectivity index (χ3n) is 5.99. The predicted octanol–water partition coefficient (Wildman–Crippen LogP) is 4.61. The molecule has 1 amide bonds. The van der Waals surface area contributed by atoms with Crippen molar-refractivity contribution in [2.24, 2.45) is 0 Å². The number of hydrogen-bond acceptors (Lipinski definition) is 4. The first kappa shape index (κ1) is 21.9. The monoisotopic (exact) mass is 450 g/mol. The molecule has 0 aromatic heterocycles. The predicted molar refractivity (Wildman–Crippen MR) is 124 cm³/mol. The lowest BCUT2D eigenvalue weighted by molar-refractivity contribution is 0.0822. The Labute approximate surface area is 188 Å². The molecule has 0 spiro atoms. The van der Waals surface area contributed by atoms with Crippen molar-refractivity contribution in [3.8, 4) is 5.75 Å². The Kier molecular flexibility index (Phi) is 5.93. The minimum Gasteiger partial charge on any atom is -0.497 e. The minimum atomic E-state index is -3.86. The molecular formula is C25H26N2O4S. The van der Waals surface area contributed by atoms with Gasteiger partial charge in [0.05, 0.1) is 17.5 Å². The Bertz CT molecular complexity index is 1220. The summed E-state index contributed by atoms with van der Waals surface area (Å²) in [5.74, 6) is 0.359. The zero-order valence-electron chi connectivity index (χ0n) is 18.1. The van der Waals surface area contributed by atoms with Gasteiger partial charge >= 0.3 is 0 Å². The number of rotatable bonds is 7. The molecule has 2 N–H and O–H groups in total. The summed E-state index contributed by atoms with van der Waals surface area (Å²) < 4.78 is 33.5. The van der Waals surface area contributed by atoms with Gasteiger partial charge in [0, 0.05) is 11.3 Å². The first-order chi connectivity index (χ1) is 15.3. The van der Waals surface area contributed by atoms with E-state index >= 15 is 0 Å². The van der Waals surface area contributed by atoms with Crippen molar-refractivity contribution in [2.75, 3.05) is 11.8 Å². The average molecular weight is 451 g/mol. The second-order valence-corrected chi connectivity index (χ2v) is 9.75. The molecule has 1 fully saturated rings. The normalized spacial score (nSPS) is 14.8. The number of carbonyl (C=O) groups is 1. The molecule has 7 heteroatoms. The van der Waals surface area contributed by atoms with Crippen molar-refractivity contribution < 1.29 is 17.9 Å². The topological polar surface area (TPSA) is 84.5 Å². The minimum absolute atomic E-state index is 0.0337. The average Bonchev–Trinajstić information content (AvgIpc) is 2.77. The number of nitrogens with one attached hydrogen (secondary N) is 2. The van der Waals surface area contributed by atoms with Gasteiger partial charge in [-0.2, -0.15) is 0 Å². The van der Waals surface area contributed by atoms with Crippen LogP contribution in [0.15, 0.2) is 77.7 Å². The highest BCUT2D eigenvalue weighted by Crippen LogP contribution is 2.41. The number of carbonyl (C=O) groups excluding carboxylic acids is 1. The summed E-state index contributed by atoms with van der Waals surface area (Å²) in [5.41, 5.74) is 2.15. The molecule has 0 atom stereocenters. The van der Waals surface area contributed by atoms with E-state index in [2.05, 4.69) is 10.0 Å². The molecule has 1 aliphatic rings. The van der Waals surface area contributed by atoms with Crippen molar-refractivity contribution in [1.29, 1.82) is 0 Å². The molecule has 0 bridgehead atoms. The molecule has 0 aliphatic heterocycles. The van der Waals surface area contributed by atoms with Crippen LogP contribution in [0.4, 0.5) is 5.69 Å². The molecule has 0 radical (unpaired) electrons. The van der Waals surface area contributed by atoms with E-state index in [1.165, 1.54) is 12.1 Å². The molecule has 0 saturated heterocycles. The van der Waals surface area contributed by atoms with Gasteiger partial charge < -0.3 is 10.1 Å². The van der Waals surface area contributed by atoms with E-state index in [9.17, 15) is 13.2 Å². The van der Waals surface area contributed by atoms with Gasteiger partial charge in [-0.05, 0) is 73.7 Å². The van der Waals surface area contributed by atoms with Crippen molar-refractivity contribution in [3.63, 3.8) is 0 Å². The zero-order chi connectivity index (χ0) is 22.8. The van der Waals surface area contributed by atoms with Crippen LogP contribution in [0.2, 0.25) is 0 Å². The third kappa shape index (κ3) is 4.34. The molecular weight excluding hydrogens is 424 g/mol. The Morgan fingerprint density at radius 3 is 2.25 bits per heavy atom. The Morgan fingerprint density at radius 1 is 0.969 bits per heavy atom. The Balaban J connectivity index is 1.58. The van der Waals surface area contributed by atoms with E-state index in [1.807, 2.05) is 30.3 Å². The number of anilines is 1. The molecule has 3 aromatic rings. The van der Waals surface area contributed by atoms with Gasteiger partial charge in [-0.25, -0.2) is 8.42 Å². The van der Waals surface area contributed by atoms with Crippen LogP contribution in [0.5, 0.6) is 5.75 Å². The number of sulfonamides is 1. The van der Waals surface area contributed by atoms with Crippen LogP contribution in [0, 0.1) is 6.92 Å². The van der Waals surface area contributed by atoms with E-state index in [4.69, 9.17) is 4.74 Å². The van der Waals surface area contributed by atoms with Crippen molar-refractivity contribution >= 4 is 21.6 Å². The highest BCUT2D eigenvalue weighted by Gasteiger charge is 2.40. The summed E-state index contributed by atoms with van der Waals surface area (Å²) in [5, 5.41) is 3.18. The molecule has 32 heavy (non-hydrogen) atoms. The van der Waals surface area contributed by atoms with Gasteiger partial charge in [0.25, 0.3) is 15.9 Å². The van der Waals surface area contributed by atoms with E-state index in [0.29, 0.717) is 22.6 Å². The van der Waals surface area contributed by atoms with Gasteiger partial charge in [0.15, 0.2) is 0 Å². The first-order valence-electron chi connectivity index (χ1n) is 10.5. The largest absolute Gasteiger partial charge is 0.497 e. The van der Waals surface area contributed by atoms with Crippen LogP contribution in [0.1, 0.15) is 40.7 Å². The lowest BCUT2D eigenvalue weighted by atomic mass is 9.71. The first-order valence-corrected chi connectivity index (χ1v) is 12.0. The Morgan fingerprint density at radius 2 is 1.66 bits per heavy atom. The number of ether oxygens (including phenoxy) is 1. The summed E-state index contributed by atoms with van der Waals surface area (Å²) in [7, 11) is -2.32. The van der Waals surface area contributed by atoms with Crippen LogP contribution in [-0.2, 0) is 15.6 Å². The quantitative estimate of drug-likeness (QED) is 0.550. The maximum atomic E-state index is 13.2. The van der Waals surface area contributed by atoms with Crippen LogP contribution in [0.3, 0.4) is 0 Å². The van der Waals surface area contributed by atoms with Gasteiger partial charge in [-0.1, -0.05) is 36.4 Å². The summed E-state index contributed by atoms with van der Waals surface area (Å²) in [6.45, 7) is 1.80. The number of aryl methyl sites for hydroxylation is 1. The number of hydrogen-bond donors (Lipinski definition) is 2. The fraction of sp³-hybridized carbons (Fsp3) is 0.240. The van der Waals surface area contributed by atoms with E-state index in [0.717, 1.165) is 24.8 Å². The fourth-order valence-electron chi connectivity index (χ4n) is 3.94. The maximum absolute atomic E-state index is 13.2.